The summed E-state index contributed by atoms with van der Waals surface area (Å²) in [7, 11) is -3.61. The molecule has 4 rings (SSSR count). The number of para-hydroxylation sites is 1. The second-order valence-corrected chi connectivity index (χ2v) is 10.4. The molecule has 1 fully saturated rings. The normalized spacial score (nSPS) is 20.4. The van der Waals surface area contributed by atoms with E-state index >= 15 is 0 Å². The molecule has 2 heterocycles. The molecule has 2 aromatic carbocycles. The van der Waals surface area contributed by atoms with Crippen LogP contribution in [0.4, 0.5) is 5.69 Å². The number of sulfonamides is 1. The van der Waals surface area contributed by atoms with Crippen molar-refractivity contribution < 1.29 is 18.0 Å². The zero-order valence-corrected chi connectivity index (χ0v) is 19.3. The number of hydrogen-bond acceptors (Lipinski definition) is 4. The van der Waals surface area contributed by atoms with Crippen molar-refractivity contribution in [3.8, 4) is 0 Å². The molecule has 1 N–H and O–H groups in total. The molecule has 32 heavy (non-hydrogen) atoms. The van der Waals surface area contributed by atoms with Crippen molar-refractivity contribution in [2.75, 3.05) is 31.5 Å². The topological polar surface area (TPSA) is 86.8 Å². The van der Waals surface area contributed by atoms with Crippen LogP contribution in [-0.4, -0.2) is 55.6 Å². The summed E-state index contributed by atoms with van der Waals surface area (Å²) in [5.74, 6) is -0.448. The predicted molar refractivity (Wildman–Crippen MR) is 123 cm³/mol. The lowest BCUT2D eigenvalue weighted by molar-refractivity contribution is -0.136. The molecule has 0 aromatic heterocycles. The van der Waals surface area contributed by atoms with Gasteiger partial charge in [-0.25, -0.2) is 8.42 Å². The lowest BCUT2D eigenvalue weighted by atomic mass is 9.89. The number of nitrogens with one attached hydrogen (secondary N) is 1. The fraction of sp³-hybridized carbons (Fsp3) is 0.417. The zero-order valence-electron chi connectivity index (χ0n) is 18.5. The van der Waals surface area contributed by atoms with Gasteiger partial charge in [-0.3, -0.25) is 9.59 Å². The molecular formula is C24H29N3O4S. The van der Waals surface area contributed by atoms with E-state index in [0.29, 0.717) is 24.7 Å². The van der Waals surface area contributed by atoms with Crippen LogP contribution in [0, 0.1) is 0 Å². The van der Waals surface area contributed by atoms with E-state index in [0.717, 1.165) is 17.5 Å². The first-order valence-corrected chi connectivity index (χ1v) is 12.5. The number of carbonyl (C=O) groups is 2. The highest BCUT2D eigenvalue weighted by molar-refractivity contribution is 7.89. The van der Waals surface area contributed by atoms with Gasteiger partial charge in [-0.15, -0.1) is 0 Å². The maximum atomic E-state index is 13.2. The minimum absolute atomic E-state index is 0.108. The van der Waals surface area contributed by atoms with Crippen molar-refractivity contribution >= 4 is 27.5 Å². The Hall–Kier alpha value is -2.71. The standard InChI is InChI=1S/C24H29N3O4S/c1-3-17(2)18-8-10-19(11-9-18)32(30,31)27-14-12-26(13-15-27)24(29)21-16-23(28)25-22-7-5-4-6-20(21)22/h4-11,17,21H,3,12-16H2,1-2H3,(H,25,28). The fourth-order valence-corrected chi connectivity index (χ4v) is 5.78. The summed E-state index contributed by atoms with van der Waals surface area (Å²) in [4.78, 5) is 27.2. The van der Waals surface area contributed by atoms with Gasteiger partial charge < -0.3 is 10.2 Å². The molecular weight excluding hydrogens is 426 g/mol. The van der Waals surface area contributed by atoms with Gasteiger partial charge in [-0.2, -0.15) is 4.31 Å². The van der Waals surface area contributed by atoms with Gasteiger partial charge in [0.15, 0.2) is 0 Å². The molecule has 7 nitrogen and oxygen atoms in total. The van der Waals surface area contributed by atoms with Crippen LogP contribution in [0.2, 0.25) is 0 Å². The number of fused-ring (bicyclic) bond motifs is 1. The molecule has 170 valence electrons. The third-order valence-electron chi connectivity index (χ3n) is 6.55. The first kappa shape index (κ1) is 22.5. The number of hydrogen-bond donors (Lipinski definition) is 1. The van der Waals surface area contributed by atoms with Crippen molar-refractivity contribution in [3.05, 3.63) is 59.7 Å². The van der Waals surface area contributed by atoms with Gasteiger partial charge in [0, 0.05) is 38.3 Å². The Morgan fingerprint density at radius 2 is 1.72 bits per heavy atom. The third-order valence-corrected chi connectivity index (χ3v) is 8.46. The Balaban J connectivity index is 1.44. The summed E-state index contributed by atoms with van der Waals surface area (Å²) in [6.45, 7) is 5.32. The molecule has 0 bridgehead atoms. The van der Waals surface area contributed by atoms with Crippen LogP contribution in [0.15, 0.2) is 53.4 Å². The Labute approximate surface area is 189 Å². The van der Waals surface area contributed by atoms with E-state index < -0.39 is 15.9 Å². The van der Waals surface area contributed by atoms with Gasteiger partial charge in [0.05, 0.1) is 10.8 Å². The van der Waals surface area contributed by atoms with Crippen molar-refractivity contribution in [1.82, 2.24) is 9.21 Å². The molecule has 2 aliphatic heterocycles. The molecule has 2 aliphatic rings. The van der Waals surface area contributed by atoms with Crippen LogP contribution in [-0.2, 0) is 19.6 Å². The van der Waals surface area contributed by atoms with Gasteiger partial charge >= 0.3 is 0 Å². The Morgan fingerprint density at radius 1 is 1.06 bits per heavy atom. The van der Waals surface area contributed by atoms with Crippen molar-refractivity contribution in [2.24, 2.45) is 0 Å². The smallest absolute Gasteiger partial charge is 0.243 e. The van der Waals surface area contributed by atoms with Gasteiger partial charge in [0.25, 0.3) is 0 Å². The number of amides is 2. The molecule has 0 aliphatic carbocycles. The van der Waals surface area contributed by atoms with Crippen LogP contribution in [0.5, 0.6) is 0 Å². The second kappa shape index (κ2) is 9.03. The Bertz CT molecular complexity index is 1110. The molecule has 2 aromatic rings. The maximum Gasteiger partial charge on any atom is 0.243 e. The van der Waals surface area contributed by atoms with E-state index in [1.165, 1.54) is 4.31 Å². The van der Waals surface area contributed by atoms with Crippen molar-refractivity contribution in [3.63, 3.8) is 0 Å². The van der Waals surface area contributed by atoms with Gasteiger partial charge in [-0.05, 0) is 41.7 Å². The molecule has 8 heteroatoms. The minimum Gasteiger partial charge on any atom is -0.340 e. The Kier molecular flexibility index (Phi) is 6.35. The van der Waals surface area contributed by atoms with E-state index in [2.05, 4.69) is 19.2 Å². The van der Waals surface area contributed by atoms with Crippen LogP contribution in [0.25, 0.3) is 0 Å². The van der Waals surface area contributed by atoms with Crippen LogP contribution < -0.4 is 5.32 Å². The minimum atomic E-state index is -3.61. The SMILES string of the molecule is CCC(C)c1ccc(S(=O)(=O)N2CCN(C(=O)C3CC(=O)Nc4ccccc43)CC2)cc1. The zero-order chi connectivity index (χ0) is 22.9. The number of carbonyl (C=O) groups excluding carboxylic acids is 2. The average molecular weight is 456 g/mol. The van der Waals surface area contributed by atoms with E-state index in [1.807, 2.05) is 30.3 Å². The van der Waals surface area contributed by atoms with Crippen molar-refractivity contribution in [1.29, 1.82) is 0 Å². The number of rotatable bonds is 5. The monoisotopic (exact) mass is 455 g/mol. The quantitative estimate of drug-likeness (QED) is 0.750. The van der Waals surface area contributed by atoms with E-state index in [4.69, 9.17) is 0 Å². The number of benzene rings is 2. The second-order valence-electron chi connectivity index (χ2n) is 8.50. The molecule has 1 saturated heterocycles. The molecule has 0 radical (unpaired) electrons. The van der Waals surface area contributed by atoms with E-state index in [-0.39, 0.29) is 36.2 Å². The van der Waals surface area contributed by atoms with Gasteiger partial charge in [0.1, 0.15) is 0 Å². The number of piperazine rings is 1. The molecule has 2 unspecified atom stereocenters. The first-order chi connectivity index (χ1) is 15.3. The number of nitrogens with zero attached hydrogens (tertiary/aromatic N) is 2. The van der Waals surface area contributed by atoms with Gasteiger partial charge in [0.2, 0.25) is 21.8 Å². The van der Waals surface area contributed by atoms with E-state index in [9.17, 15) is 18.0 Å². The highest BCUT2D eigenvalue weighted by Gasteiger charge is 2.36. The van der Waals surface area contributed by atoms with Gasteiger partial charge in [-0.1, -0.05) is 44.2 Å². The summed E-state index contributed by atoms with van der Waals surface area (Å²) in [6, 6.07) is 14.4. The average Bonchev–Trinajstić information content (AvgIpc) is 2.82. The van der Waals surface area contributed by atoms with Crippen LogP contribution >= 0.6 is 0 Å². The first-order valence-electron chi connectivity index (χ1n) is 11.1. The van der Waals surface area contributed by atoms with Crippen LogP contribution in [0.3, 0.4) is 0 Å². The summed E-state index contributed by atoms with van der Waals surface area (Å²) < 4.78 is 27.6. The summed E-state index contributed by atoms with van der Waals surface area (Å²) in [5, 5.41) is 2.81. The lowest BCUT2D eigenvalue weighted by Crippen LogP contribution is -2.52. The summed E-state index contributed by atoms with van der Waals surface area (Å²) >= 11 is 0. The molecule has 0 spiro atoms. The maximum absolute atomic E-state index is 13.2. The molecule has 2 atom stereocenters. The third kappa shape index (κ3) is 4.29. The lowest BCUT2D eigenvalue weighted by Gasteiger charge is -2.36. The van der Waals surface area contributed by atoms with E-state index in [1.54, 1.807) is 23.1 Å². The highest BCUT2D eigenvalue weighted by Crippen LogP contribution is 2.33. The summed E-state index contributed by atoms with van der Waals surface area (Å²) in [5.41, 5.74) is 2.61. The van der Waals surface area contributed by atoms with Crippen LogP contribution in [0.1, 0.15) is 49.7 Å². The predicted octanol–water partition coefficient (Wildman–Crippen LogP) is 3.16. The molecule has 0 saturated carbocycles. The largest absolute Gasteiger partial charge is 0.340 e. The fourth-order valence-electron chi connectivity index (χ4n) is 4.35. The van der Waals surface area contributed by atoms with Crippen molar-refractivity contribution in [2.45, 2.75) is 43.4 Å². The number of anilines is 1. The summed E-state index contributed by atoms with van der Waals surface area (Å²) in [6.07, 6.45) is 1.10. The Morgan fingerprint density at radius 3 is 2.38 bits per heavy atom. The molecule has 2 amide bonds. The highest BCUT2D eigenvalue weighted by atomic mass is 32.2.